The Morgan fingerprint density at radius 3 is 2.75 bits per heavy atom. The number of aromatic nitrogens is 3. The third kappa shape index (κ3) is 3.57. The van der Waals surface area contributed by atoms with Gasteiger partial charge in [0.1, 0.15) is 11.5 Å². The van der Waals surface area contributed by atoms with Crippen LogP contribution in [0.15, 0.2) is 30.7 Å². The fourth-order valence-corrected chi connectivity index (χ4v) is 1.90. The molecule has 0 unspecified atom stereocenters. The van der Waals surface area contributed by atoms with Gasteiger partial charge in [0, 0.05) is 31.4 Å². The van der Waals surface area contributed by atoms with Crippen LogP contribution in [0.1, 0.15) is 36.1 Å². The van der Waals surface area contributed by atoms with E-state index in [1.54, 1.807) is 0 Å². The van der Waals surface area contributed by atoms with Gasteiger partial charge in [-0.2, -0.15) is 0 Å². The van der Waals surface area contributed by atoms with Crippen LogP contribution in [0.25, 0.3) is 0 Å². The highest BCUT2D eigenvalue weighted by Crippen LogP contribution is 2.16. The fourth-order valence-electron chi connectivity index (χ4n) is 1.72. The SMILES string of the molecule is CC(C)c1ncc(Cl)c(C(=O)NCCn2cccc2)n1. The van der Waals surface area contributed by atoms with Crippen LogP contribution in [0.2, 0.25) is 5.02 Å². The predicted octanol–water partition coefficient (Wildman–Crippen LogP) is 2.48. The number of rotatable bonds is 5. The van der Waals surface area contributed by atoms with Crippen molar-refractivity contribution in [1.82, 2.24) is 19.9 Å². The molecule has 0 saturated heterocycles. The van der Waals surface area contributed by atoms with Gasteiger partial charge in [-0.1, -0.05) is 25.4 Å². The van der Waals surface area contributed by atoms with Crippen molar-refractivity contribution in [3.8, 4) is 0 Å². The molecule has 0 fully saturated rings. The first-order valence-corrected chi connectivity index (χ1v) is 6.87. The Kier molecular flexibility index (Phi) is 4.74. The Hall–Kier alpha value is -1.88. The van der Waals surface area contributed by atoms with Crippen LogP contribution >= 0.6 is 11.6 Å². The maximum absolute atomic E-state index is 12.1. The maximum Gasteiger partial charge on any atom is 0.271 e. The van der Waals surface area contributed by atoms with Crippen molar-refractivity contribution in [2.24, 2.45) is 0 Å². The molecule has 0 radical (unpaired) electrons. The van der Waals surface area contributed by atoms with Gasteiger partial charge in [0.25, 0.3) is 5.91 Å². The second-order valence-corrected chi connectivity index (χ2v) is 5.16. The van der Waals surface area contributed by atoms with Gasteiger partial charge in [0.15, 0.2) is 0 Å². The molecular formula is C14H17ClN4O. The third-order valence-electron chi connectivity index (χ3n) is 2.82. The minimum Gasteiger partial charge on any atom is -0.353 e. The van der Waals surface area contributed by atoms with Gasteiger partial charge in [-0.15, -0.1) is 0 Å². The molecule has 1 N–H and O–H groups in total. The summed E-state index contributed by atoms with van der Waals surface area (Å²) in [6.07, 6.45) is 5.37. The average molecular weight is 293 g/mol. The number of nitrogens with zero attached hydrogens (tertiary/aromatic N) is 3. The standard InChI is InChI=1S/C14H17ClN4O/c1-10(2)13-17-9-11(15)12(18-13)14(20)16-5-8-19-6-3-4-7-19/h3-4,6-7,9-10H,5,8H2,1-2H3,(H,16,20). The van der Waals surface area contributed by atoms with Crippen molar-refractivity contribution in [3.63, 3.8) is 0 Å². The molecule has 6 heteroatoms. The molecule has 2 rings (SSSR count). The molecule has 106 valence electrons. The lowest BCUT2D eigenvalue weighted by Gasteiger charge is -2.09. The van der Waals surface area contributed by atoms with Crippen molar-refractivity contribution < 1.29 is 4.79 Å². The van der Waals surface area contributed by atoms with E-state index in [9.17, 15) is 4.79 Å². The highest BCUT2D eigenvalue weighted by Gasteiger charge is 2.14. The Bertz CT molecular complexity index is 581. The van der Waals surface area contributed by atoms with Gasteiger partial charge in [-0.3, -0.25) is 4.79 Å². The van der Waals surface area contributed by atoms with Crippen LogP contribution in [0.3, 0.4) is 0 Å². The molecule has 5 nitrogen and oxygen atoms in total. The van der Waals surface area contributed by atoms with Crippen LogP contribution in [-0.4, -0.2) is 27.0 Å². The zero-order valence-corrected chi connectivity index (χ0v) is 12.3. The van der Waals surface area contributed by atoms with Gasteiger partial charge in [0.05, 0.1) is 11.2 Å². The normalized spacial score (nSPS) is 10.8. The monoisotopic (exact) mass is 292 g/mol. The lowest BCUT2D eigenvalue weighted by atomic mass is 10.2. The molecule has 2 aromatic heterocycles. The van der Waals surface area contributed by atoms with Crippen LogP contribution < -0.4 is 5.32 Å². The van der Waals surface area contributed by atoms with Crippen molar-refractivity contribution in [2.45, 2.75) is 26.3 Å². The van der Waals surface area contributed by atoms with E-state index in [1.807, 2.05) is 42.9 Å². The summed E-state index contributed by atoms with van der Waals surface area (Å²) in [4.78, 5) is 20.4. The second-order valence-electron chi connectivity index (χ2n) is 4.76. The first kappa shape index (κ1) is 14.5. The van der Waals surface area contributed by atoms with E-state index in [2.05, 4.69) is 15.3 Å². The lowest BCUT2D eigenvalue weighted by molar-refractivity contribution is 0.0947. The minimum absolute atomic E-state index is 0.152. The number of carbonyl (C=O) groups is 1. The molecule has 0 saturated carbocycles. The van der Waals surface area contributed by atoms with Crippen molar-refractivity contribution in [3.05, 3.63) is 47.3 Å². The number of hydrogen-bond acceptors (Lipinski definition) is 3. The van der Waals surface area contributed by atoms with Crippen LogP contribution in [0.4, 0.5) is 0 Å². The van der Waals surface area contributed by atoms with Gasteiger partial charge in [0.2, 0.25) is 0 Å². The van der Waals surface area contributed by atoms with Crippen LogP contribution in [-0.2, 0) is 6.54 Å². The first-order valence-electron chi connectivity index (χ1n) is 6.49. The zero-order chi connectivity index (χ0) is 14.5. The molecule has 1 amide bonds. The summed E-state index contributed by atoms with van der Waals surface area (Å²) in [5, 5.41) is 3.08. The summed E-state index contributed by atoms with van der Waals surface area (Å²) >= 11 is 5.98. The number of halogens is 1. The predicted molar refractivity (Wildman–Crippen MR) is 77.9 cm³/mol. The largest absolute Gasteiger partial charge is 0.353 e. The van der Waals surface area contributed by atoms with Gasteiger partial charge in [-0.05, 0) is 12.1 Å². The van der Waals surface area contributed by atoms with Crippen molar-refractivity contribution in [2.75, 3.05) is 6.54 Å². The number of hydrogen-bond donors (Lipinski definition) is 1. The van der Waals surface area contributed by atoms with Gasteiger partial charge < -0.3 is 9.88 Å². The van der Waals surface area contributed by atoms with Crippen LogP contribution in [0.5, 0.6) is 0 Å². The Balaban J connectivity index is 1.99. The third-order valence-corrected chi connectivity index (χ3v) is 3.09. The molecule has 0 atom stereocenters. The quantitative estimate of drug-likeness (QED) is 0.921. The molecule has 2 heterocycles. The van der Waals surface area contributed by atoms with Crippen LogP contribution in [0, 0.1) is 0 Å². The maximum atomic E-state index is 12.1. The molecule has 0 bridgehead atoms. The summed E-state index contributed by atoms with van der Waals surface area (Å²) in [5.74, 6) is 0.495. The van der Waals surface area contributed by atoms with E-state index < -0.39 is 0 Å². The highest BCUT2D eigenvalue weighted by molar-refractivity contribution is 6.33. The molecule has 0 aliphatic rings. The van der Waals surface area contributed by atoms with Crippen molar-refractivity contribution >= 4 is 17.5 Å². The number of amides is 1. The minimum atomic E-state index is -0.272. The van der Waals surface area contributed by atoms with Gasteiger partial charge >= 0.3 is 0 Å². The summed E-state index contributed by atoms with van der Waals surface area (Å²) in [5.41, 5.74) is 0.234. The van der Waals surface area contributed by atoms with E-state index in [0.29, 0.717) is 18.9 Å². The first-order chi connectivity index (χ1) is 9.58. The molecule has 20 heavy (non-hydrogen) atoms. The van der Waals surface area contributed by atoms with Gasteiger partial charge in [-0.25, -0.2) is 9.97 Å². The number of nitrogens with one attached hydrogen (secondary N) is 1. The Morgan fingerprint density at radius 1 is 1.40 bits per heavy atom. The zero-order valence-electron chi connectivity index (χ0n) is 11.5. The molecule has 0 aliphatic carbocycles. The second kappa shape index (κ2) is 6.52. The van der Waals surface area contributed by atoms with E-state index in [0.717, 1.165) is 0 Å². The highest BCUT2D eigenvalue weighted by atomic mass is 35.5. The van der Waals surface area contributed by atoms with E-state index >= 15 is 0 Å². The summed E-state index contributed by atoms with van der Waals surface area (Å²) in [6.45, 7) is 5.16. The Morgan fingerprint density at radius 2 is 2.10 bits per heavy atom. The molecule has 0 aliphatic heterocycles. The molecule has 0 aromatic carbocycles. The van der Waals surface area contributed by atoms with E-state index in [-0.39, 0.29) is 22.5 Å². The summed E-state index contributed by atoms with van der Waals surface area (Å²) < 4.78 is 1.99. The average Bonchev–Trinajstić information content (AvgIpc) is 2.92. The topological polar surface area (TPSA) is 59.8 Å². The van der Waals surface area contributed by atoms with Crippen molar-refractivity contribution in [1.29, 1.82) is 0 Å². The lowest BCUT2D eigenvalue weighted by Crippen LogP contribution is -2.28. The fraction of sp³-hybridized carbons (Fsp3) is 0.357. The molecule has 2 aromatic rings. The number of carbonyl (C=O) groups excluding carboxylic acids is 1. The summed E-state index contributed by atoms with van der Waals surface area (Å²) in [7, 11) is 0. The van der Waals surface area contributed by atoms with E-state index in [1.165, 1.54) is 6.20 Å². The van der Waals surface area contributed by atoms with E-state index in [4.69, 9.17) is 11.6 Å². The summed E-state index contributed by atoms with van der Waals surface area (Å²) in [6, 6.07) is 3.88. The molecular weight excluding hydrogens is 276 g/mol. The molecule has 0 spiro atoms. The Labute approximate surface area is 123 Å². The smallest absolute Gasteiger partial charge is 0.271 e.